The zero-order chi connectivity index (χ0) is 20.1. The van der Waals surface area contributed by atoms with Crippen LogP contribution in [0.3, 0.4) is 0 Å². The van der Waals surface area contributed by atoms with E-state index in [2.05, 4.69) is 31.4 Å². The van der Waals surface area contributed by atoms with Gasteiger partial charge in [-0.15, -0.1) is 0 Å². The highest BCUT2D eigenvalue weighted by Crippen LogP contribution is 2.27. The maximum atomic E-state index is 12.2. The molecule has 10 heteroatoms. The molecule has 0 aliphatic carbocycles. The van der Waals surface area contributed by atoms with Crippen molar-refractivity contribution >= 4 is 45.0 Å². The lowest BCUT2D eigenvalue weighted by Gasteiger charge is -2.08. The Morgan fingerprint density at radius 3 is 2.79 bits per heavy atom. The van der Waals surface area contributed by atoms with E-state index >= 15 is 0 Å². The van der Waals surface area contributed by atoms with Crippen LogP contribution < -0.4 is 10.1 Å². The zero-order valence-corrected chi connectivity index (χ0v) is 18.1. The molecule has 0 atom stereocenters. The van der Waals surface area contributed by atoms with E-state index in [9.17, 15) is 4.79 Å². The first-order valence-electron chi connectivity index (χ1n) is 8.51. The molecule has 28 heavy (non-hydrogen) atoms. The summed E-state index contributed by atoms with van der Waals surface area (Å²) < 4.78 is 9.94. The summed E-state index contributed by atoms with van der Waals surface area (Å²) >= 11 is 15.4. The van der Waals surface area contributed by atoms with Crippen molar-refractivity contribution in [1.29, 1.82) is 0 Å². The molecule has 1 aromatic carbocycles. The minimum absolute atomic E-state index is 0.127. The third kappa shape index (κ3) is 5.50. The maximum absolute atomic E-state index is 12.2. The topological polar surface area (TPSA) is 74.0 Å². The predicted octanol–water partition coefficient (Wildman–Crippen LogP) is 4.31. The molecule has 0 unspecified atom stereocenters. The quantitative estimate of drug-likeness (QED) is 0.481. The van der Waals surface area contributed by atoms with Crippen LogP contribution in [0.4, 0.5) is 0 Å². The van der Waals surface area contributed by atoms with Crippen LogP contribution in [0, 0.1) is 6.92 Å². The van der Waals surface area contributed by atoms with Crippen molar-refractivity contribution in [2.24, 2.45) is 0 Å². The number of benzene rings is 1. The van der Waals surface area contributed by atoms with Gasteiger partial charge in [-0.1, -0.05) is 23.2 Å². The monoisotopic (exact) mass is 485 g/mol. The lowest BCUT2D eigenvalue weighted by atomic mass is 10.3. The summed E-state index contributed by atoms with van der Waals surface area (Å²) in [6.45, 7) is 3.31. The number of nitrogens with one attached hydrogen (secondary N) is 1. The van der Waals surface area contributed by atoms with Crippen LogP contribution in [0.1, 0.15) is 22.6 Å². The Balaban J connectivity index is 1.44. The Bertz CT molecular complexity index is 953. The molecule has 0 saturated carbocycles. The molecule has 0 bridgehead atoms. The molecule has 1 N–H and O–H groups in total. The number of aryl methyl sites for hydroxylation is 2. The van der Waals surface area contributed by atoms with E-state index < -0.39 is 0 Å². The fourth-order valence-corrected chi connectivity index (χ4v) is 3.20. The molecule has 0 aliphatic rings. The number of carbonyl (C=O) groups excluding carboxylic acids is 1. The first-order chi connectivity index (χ1) is 13.4. The average molecular weight is 487 g/mol. The van der Waals surface area contributed by atoms with Crippen molar-refractivity contribution in [2.75, 3.05) is 6.54 Å². The number of rotatable bonds is 8. The van der Waals surface area contributed by atoms with Crippen molar-refractivity contribution < 1.29 is 9.53 Å². The number of ether oxygens (including phenoxy) is 1. The van der Waals surface area contributed by atoms with Gasteiger partial charge in [-0.2, -0.15) is 10.2 Å². The number of aromatic nitrogens is 4. The molecule has 148 valence electrons. The number of amides is 1. The third-order valence-corrected chi connectivity index (χ3v) is 5.16. The fraction of sp³-hybridized carbons (Fsp3) is 0.278. The van der Waals surface area contributed by atoms with Crippen LogP contribution in [-0.2, 0) is 13.3 Å². The van der Waals surface area contributed by atoms with Crippen LogP contribution in [0.2, 0.25) is 10.0 Å². The van der Waals surface area contributed by atoms with Gasteiger partial charge in [-0.3, -0.25) is 9.48 Å². The Kier molecular flexibility index (Phi) is 6.98. The predicted molar refractivity (Wildman–Crippen MR) is 111 cm³/mol. The SMILES string of the molecule is Cc1nn(CCCNC(=O)c2ccn(COc3ccc(Cl)cc3Cl)n2)cc1Br. The van der Waals surface area contributed by atoms with Crippen LogP contribution in [0.5, 0.6) is 5.75 Å². The van der Waals surface area contributed by atoms with Crippen molar-refractivity contribution in [3.8, 4) is 5.75 Å². The molecule has 1 amide bonds. The van der Waals surface area contributed by atoms with E-state index in [0.717, 1.165) is 23.1 Å². The normalized spacial score (nSPS) is 10.9. The van der Waals surface area contributed by atoms with E-state index in [0.29, 0.717) is 28.0 Å². The summed E-state index contributed by atoms with van der Waals surface area (Å²) in [7, 11) is 0. The highest BCUT2D eigenvalue weighted by Gasteiger charge is 2.10. The van der Waals surface area contributed by atoms with E-state index in [1.165, 1.54) is 4.68 Å². The second-order valence-electron chi connectivity index (χ2n) is 6.02. The number of hydrogen-bond acceptors (Lipinski definition) is 4. The van der Waals surface area contributed by atoms with Gasteiger partial charge >= 0.3 is 0 Å². The van der Waals surface area contributed by atoms with Gasteiger partial charge in [0.05, 0.1) is 15.2 Å². The van der Waals surface area contributed by atoms with Gasteiger partial charge in [-0.05, 0) is 53.5 Å². The molecule has 0 fully saturated rings. The highest BCUT2D eigenvalue weighted by molar-refractivity contribution is 9.10. The number of halogens is 3. The minimum Gasteiger partial charge on any atom is -0.470 e. The molecule has 0 radical (unpaired) electrons. The van der Waals surface area contributed by atoms with Crippen LogP contribution in [-0.4, -0.2) is 32.0 Å². The van der Waals surface area contributed by atoms with Gasteiger partial charge in [-0.25, -0.2) is 4.68 Å². The summed E-state index contributed by atoms with van der Waals surface area (Å²) in [5.41, 5.74) is 1.26. The molecule has 7 nitrogen and oxygen atoms in total. The number of hydrogen-bond donors (Lipinski definition) is 1. The first-order valence-corrected chi connectivity index (χ1v) is 10.1. The van der Waals surface area contributed by atoms with Gasteiger partial charge in [0, 0.05) is 30.5 Å². The average Bonchev–Trinajstić information content (AvgIpc) is 3.25. The van der Waals surface area contributed by atoms with Crippen molar-refractivity contribution in [3.63, 3.8) is 0 Å². The fourth-order valence-electron chi connectivity index (χ4n) is 2.42. The smallest absolute Gasteiger partial charge is 0.271 e. The Morgan fingerprint density at radius 2 is 2.07 bits per heavy atom. The lowest BCUT2D eigenvalue weighted by Crippen LogP contribution is -2.26. The second kappa shape index (κ2) is 9.45. The van der Waals surface area contributed by atoms with Crippen molar-refractivity contribution in [3.05, 3.63) is 62.6 Å². The summed E-state index contributed by atoms with van der Waals surface area (Å²) in [5.74, 6) is 0.258. The minimum atomic E-state index is -0.235. The molecule has 3 rings (SSSR count). The Morgan fingerprint density at radius 1 is 1.25 bits per heavy atom. The summed E-state index contributed by atoms with van der Waals surface area (Å²) in [6, 6.07) is 6.61. The van der Waals surface area contributed by atoms with Crippen LogP contribution in [0.15, 0.2) is 41.1 Å². The van der Waals surface area contributed by atoms with Crippen LogP contribution in [0.25, 0.3) is 0 Å². The van der Waals surface area contributed by atoms with E-state index in [-0.39, 0.29) is 12.6 Å². The molecule has 0 aliphatic heterocycles. The summed E-state index contributed by atoms with van der Waals surface area (Å²) in [6.07, 6.45) is 4.35. The molecule has 2 aromatic heterocycles. The molecule has 2 heterocycles. The van der Waals surface area contributed by atoms with E-state index in [1.807, 2.05) is 17.8 Å². The van der Waals surface area contributed by atoms with E-state index in [4.69, 9.17) is 27.9 Å². The summed E-state index contributed by atoms with van der Waals surface area (Å²) in [5, 5.41) is 12.4. The molecule has 3 aromatic rings. The van der Waals surface area contributed by atoms with E-state index in [1.54, 1.807) is 30.5 Å². The Labute approximate surface area is 180 Å². The zero-order valence-electron chi connectivity index (χ0n) is 15.0. The molecular formula is C18H18BrCl2N5O2. The summed E-state index contributed by atoms with van der Waals surface area (Å²) in [4.78, 5) is 12.2. The van der Waals surface area contributed by atoms with Crippen molar-refractivity contribution in [1.82, 2.24) is 24.9 Å². The highest BCUT2D eigenvalue weighted by atomic mass is 79.9. The van der Waals surface area contributed by atoms with Gasteiger partial charge < -0.3 is 10.1 Å². The Hall–Kier alpha value is -2.03. The van der Waals surface area contributed by atoms with Crippen molar-refractivity contribution in [2.45, 2.75) is 26.6 Å². The van der Waals surface area contributed by atoms with Gasteiger partial charge in [0.15, 0.2) is 6.73 Å². The largest absolute Gasteiger partial charge is 0.470 e. The standard InChI is InChI=1S/C18H18BrCl2N5O2/c1-12-14(19)10-25(23-12)7-2-6-22-18(27)16-5-8-26(24-16)11-28-17-4-3-13(20)9-15(17)21/h3-5,8-10H,2,6-7,11H2,1H3,(H,22,27). The first kappa shape index (κ1) is 20.7. The molecular weight excluding hydrogens is 469 g/mol. The molecule has 0 spiro atoms. The van der Waals surface area contributed by atoms with Gasteiger partial charge in [0.2, 0.25) is 0 Å². The van der Waals surface area contributed by atoms with Gasteiger partial charge in [0.25, 0.3) is 5.91 Å². The molecule has 0 saturated heterocycles. The third-order valence-electron chi connectivity index (χ3n) is 3.86. The lowest BCUT2D eigenvalue weighted by molar-refractivity contribution is 0.0945. The van der Waals surface area contributed by atoms with Crippen LogP contribution >= 0.6 is 39.1 Å². The second-order valence-corrected chi connectivity index (χ2v) is 7.72. The maximum Gasteiger partial charge on any atom is 0.271 e. The number of carbonyl (C=O) groups is 1. The number of nitrogens with zero attached hydrogens (tertiary/aromatic N) is 4. The van der Waals surface area contributed by atoms with Gasteiger partial charge in [0.1, 0.15) is 11.4 Å².